The van der Waals surface area contributed by atoms with Gasteiger partial charge in [-0.25, -0.2) is 4.79 Å². The molecule has 10 heteroatoms. The minimum Gasteiger partial charge on any atom is -0.468 e. The van der Waals surface area contributed by atoms with Gasteiger partial charge in [0, 0.05) is 16.7 Å². The third-order valence-corrected chi connectivity index (χ3v) is 6.06. The first-order valence-electron chi connectivity index (χ1n) is 12.7. The minimum atomic E-state index is -1.08. The van der Waals surface area contributed by atoms with Crippen molar-refractivity contribution < 1.29 is 28.7 Å². The van der Waals surface area contributed by atoms with Crippen LogP contribution in [0, 0.1) is 23.2 Å². The van der Waals surface area contributed by atoms with E-state index < -0.39 is 41.0 Å². The van der Waals surface area contributed by atoms with E-state index in [1.807, 2.05) is 24.3 Å². The zero-order chi connectivity index (χ0) is 30.9. The number of thiol groups is 1. The lowest BCUT2D eigenvalue weighted by molar-refractivity contribution is -0.140. The van der Waals surface area contributed by atoms with Gasteiger partial charge in [0.2, 0.25) is 5.91 Å². The molecule has 0 heterocycles. The summed E-state index contributed by atoms with van der Waals surface area (Å²) in [4.78, 5) is 50.9. The van der Waals surface area contributed by atoms with Crippen LogP contribution < -0.4 is 10.6 Å². The number of esters is 1. The molecule has 3 rings (SSSR count). The fourth-order valence-corrected chi connectivity index (χ4v) is 3.99. The number of rotatable bonds is 7. The number of hydrogen-bond donors (Lipinski definition) is 3. The maximum Gasteiger partial charge on any atom is 0.412 e. The molecule has 2 amide bonds. The van der Waals surface area contributed by atoms with Crippen LogP contribution in [0.1, 0.15) is 65.1 Å². The Morgan fingerprint density at radius 3 is 2.21 bits per heavy atom. The van der Waals surface area contributed by atoms with Crippen molar-refractivity contribution in [2.24, 2.45) is 0 Å². The van der Waals surface area contributed by atoms with Gasteiger partial charge in [0.1, 0.15) is 10.9 Å². The maximum absolute atomic E-state index is 13.0. The fraction of sp³-hybridized carbons (Fsp3) is 0.219. The van der Waals surface area contributed by atoms with Crippen molar-refractivity contribution in [3.63, 3.8) is 0 Å². The summed E-state index contributed by atoms with van der Waals surface area (Å²) in [5.74, 6) is 4.16. The van der Waals surface area contributed by atoms with E-state index in [4.69, 9.17) is 14.7 Å². The Bertz CT molecular complexity index is 1610. The molecule has 0 aliphatic carbocycles. The van der Waals surface area contributed by atoms with Gasteiger partial charge in [-0.1, -0.05) is 42.2 Å². The monoisotopic (exact) mass is 583 g/mol. The number of ether oxygens (including phenoxy) is 2. The van der Waals surface area contributed by atoms with Gasteiger partial charge < -0.3 is 14.8 Å². The molecule has 2 N–H and O–H groups in total. The van der Waals surface area contributed by atoms with Crippen LogP contribution in [0.25, 0.3) is 0 Å². The first kappa shape index (κ1) is 31.5. The molecule has 0 saturated heterocycles. The van der Waals surface area contributed by atoms with Crippen LogP contribution in [0.3, 0.4) is 0 Å². The molecule has 0 radical (unpaired) electrons. The highest BCUT2D eigenvalue weighted by atomic mass is 32.1. The number of benzene rings is 3. The minimum absolute atomic E-state index is 0.0831. The lowest BCUT2D eigenvalue weighted by atomic mass is 10.0. The lowest BCUT2D eigenvalue weighted by Gasteiger charge is -2.22. The number of anilines is 2. The molecule has 0 aliphatic heterocycles. The molecular formula is C32H29N3O6S. The molecule has 1 atom stereocenters. The Hall–Kier alpha value is -5.06. The zero-order valence-corrected chi connectivity index (χ0v) is 24.4. The van der Waals surface area contributed by atoms with Crippen LogP contribution in [0.5, 0.6) is 0 Å². The van der Waals surface area contributed by atoms with Gasteiger partial charge in [0.05, 0.1) is 36.5 Å². The van der Waals surface area contributed by atoms with E-state index in [-0.39, 0.29) is 22.5 Å². The molecule has 42 heavy (non-hydrogen) atoms. The van der Waals surface area contributed by atoms with Gasteiger partial charge in [0.25, 0.3) is 0 Å². The Kier molecular flexibility index (Phi) is 10.5. The summed E-state index contributed by atoms with van der Waals surface area (Å²) in [6.45, 7) is 5.07. The Balaban J connectivity index is 2.05. The second-order valence-electron chi connectivity index (χ2n) is 9.99. The largest absolute Gasteiger partial charge is 0.468 e. The number of amides is 2. The second kappa shape index (κ2) is 14.0. The summed E-state index contributed by atoms with van der Waals surface area (Å²) < 4.78 is 10.2. The van der Waals surface area contributed by atoms with E-state index >= 15 is 0 Å². The van der Waals surface area contributed by atoms with Gasteiger partial charge in [-0.3, -0.25) is 19.7 Å². The van der Waals surface area contributed by atoms with Crippen molar-refractivity contribution in [3.8, 4) is 17.9 Å². The van der Waals surface area contributed by atoms with Crippen molar-refractivity contribution in [2.75, 3.05) is 17.7 Å². The topological polar surface area (TPSA) is 135 Å². The highest BCUT2D eigenvalue weighted by Crippen LogP contribution is 2.33. The van der Waals surface area contributed by atoms with Gasteiger partial charge in [-0.15, -0.1) is 0 Å². The second-order valence-corrected chi connectivity index (χ2v) is 10.5. The van der Waals surface area contributed by atoms with Gasteiger partial charge in [-0.2, -0.15) is 17.9 Å². The molecule has 0 spiro atoms. The first-order valence-corrected chi connectivity index (χ1v) is 13.3. The number of nitrogens with one attached hydrogen (secondary N) is 2. The van der Waals surface area contributed by atoms with Crippen molar-refractivity contribution in [2.45, 2.75) is 38.0 Å². The number of carbonyl (C=O) groups excluding carboxylic acids is 4. The molecule has 1 unspecified atom stereocenters. The summed E-state index contributed by atoms with van der Waals surface area (Å²) in [7, 11) is 1.22. The summed E-state index contributed by atoms with van der Waals surface area (Å²) in [5, 5.41) is 13.3. The average Bonchev–Trinajstić information content (AvgIpc) is 2.95. The highest BCUT2D eigenvalue weighted by Gasteiger charge is 2.25. The van der Waals surface area contributed by atoms with Crippen LogP contribution in [-0.4, -0.2) is 36.5 Å². The van der Waals surface area contributed by atoms with Crippen LogP contribution in [-0.2, 0) is 19.1 Å². The molecule has 9 nitrogen and oxygen atoms in total. The van der Waals surface area contributed by atoms with Crippen molar-refractivity contribution in [1.29, 1.82) is 5.26 Å². The average molecular weight is 584 g/mol. The molecule has 3 aromatic carbocycles. The molecule has 0 aliphatic rings. The van der Waals surface area contributed by atoms with E-state index in [2.05, 4.69) is 35.1 Å². The normalized spacial score (nSPS) is 11.1. The number of hydrogen-bond acceptors (Lipinski definition) is 8. The molecule has 0 saturated carbocycles. The lowest BCUT2D eigenvalue weighted by Crippen LogP contribution is -2.28. The standard InChI is InChI=1S/C32H29N3O6S/c1-32(2,3)41-31(39)35-26-17-24(29(42)30(38)40-4)22(14-13-20-9-6-5-7-10-20)16-25(26)34-28(37)18-27(36)23-12-8-11-21(15-23)19-33/h5-12,15-17,29,42H,18H2,1-4H3,(H,34,37)(H,35,39). The van der Waals surface area contributed by atoms with E-state index in [9.17, 15) is 19.2 Å². The molecular weight excluding hydrogens is 554 g/mol. The van der Waals surface area contributed by atoms with Gasteiger partial charge in [0.15, 0.2) is 5.78 Å². The number of ketones is 1. The quantitative estimate of drug-likeness (QED) is 0.107. The summed E-state index contributed by atoms with van der Waals surface area (Å²) in [6.07, 6.45) is -1.35. The Morgan fingerprint density at radius 1 is 0.905 bits per heavy atom. The Morgan fingerprint density at radius 2 is 1.57 bits per heavy atom. The van der Waals surface area contributed by atoms with Crippen molar-refractivity contribution >= 4 is 47.8 Å². The summed E-state index contributed by atoms with van der Waals surface area (Å²) in [5.41, 5.74) is 1.19. The fourth-order valence-electron chi connectivity index (χ4n) is 3.68. The molecule has 0 fully saturated rings. The number of nitrogens with zero attached hydrogens (tertiary/aromatic N) is 1. The van der Waals surface area contributed by atoms with E-state index in [1.54, 1.807) is 45.0 Å². The van der Waals surface area contributed by atoms with Crippen molar-refractivity contribution in [3.05, 3.63) is 94.5 Å². The molecule has 0 bridgehead atoms. The molecule has 0 aromatic heterocycles. The first-order chi connectivity index (χ1) is 19.9. The van der Waals surface area contributed by atoms with E-state index in [0.717, 1.165) is 0 Å². The number of carbonyl (C=O) groups is 4. The highest BCUT2D eigenvalue weighted by molar-refractivity contribution is 7.81. The smallest absolute Gasteiger partial charge is 0.412 e. The van der Waals surface area contributed by atoms with Gasteiger partial charge >= 0.3 is 12.1 Å². The van der Waals surface area contributed by atoms with Gasteiger partial charge in [-0.05, 0) is 62.7 Å². The zero-order valence-electron chi connectivity index (χ0n) is 23.5. The van der Waals surface area contributed by atoms with Crippen LogP contribution in [0.15, 0.2) is 66.7 Å². The van der Waals surface area contributed by atoms with Crippen LogP contribution in [0.2, 0.25) is 0 Å². The third kappa shape index (κ3) is 8.98. The Labute approximate surface area is 249 Å². The predicted octanol–water partition coefficient (Wildman–Crippen LogP) is 5.66. The number of Topliss-reactive ketones (excluding diaryl/α,β-unsaturated/α-hetero) is 1. The van der Waals surface area contributed by atoms with Crippen molar-refractivity contribution in [1.82, 2.24) is 0 Å². The SMILES string of the molecule is COC(=O)C(S)c1cc(NC(=O)OC(C)(C)C)c(NC(=O)CC(=O)c2cccc(C#N)c2)cc1C#Cc1ccccc1. The predicted molar refractivity (Wildman–Crippen MR) is 161 cm³/mol. The van der Waals surface area contributed by atoms with E-state index in [0.29, 0.717) is 16.7 Å². The number of nitriles is 1. The molecule has 214 valence electrons. The van der Waals surface area contributed by atoms with Crippen LogP contribution in [0.4, 0.5) is 16.2 Å². The third-order valence-electron chi connectivity index (χ3n) is 5.57. The van der Waals surface area contributed by atoms with E-state index in [1.165, 1.54) is 31.4 Å². The summed E-state index contributed by atoms with van der Waals surface area (Å²) in [6, 6.07) is 20.0. The maximum atomic E-state index is 13.0. The summed E-state index contributed by atoms with van der Waals surface area (Å²) >= 11 is 4.42. The molecule has 3 aromatic rings. The number of methoxy groups -OCH3 is 1. The van der Waals surface area contributed by atoms with Crippen LogP contribution >= 0.6 is 12.6 Å².